The van der Waals surface area contributed by atoms with Gasteiger partial charge >= 0.3 is 6.03 Å². The Hall–Kier alpha value is -3.35. The van der Waals surface area contributed by atoms with Crippen LogP contribution in [0, 0.1) is 0 Å². The van der Waals surface area contributed by atoms with Gasteiger partial charge in [-0.25, -0.2) is 9.78 Å². The van der Waals surface area contributed by atoms with Gasteiger partial charge in [-0.05, 0) is 43.4 Å². The van der Waals surface area contributed by atoms with E-state index in [9.17, 15) is 9.59 Å². The molecule has 2 fully saturated rings. The van der Waals surface area contributed by atoms with Gasteiger partial charge in [-0.2, -0.15) is 0 Å². The lowest BCUT2D eigenvalue weighted by molar-refractivity contribution is -0.130. The summed E-state index contributed by atoms with van der Waals surface area (Å²) >= 11 is 0. The summed E-state index contributed by atoms with van der Waals surface area (Å²) in [4.78, 5) is 37.5. The molecule has 2 aliphatic heterocycles. The van der Waals surface area contributed by atoms with Crippen LogP contribution in [0.2, 0.25) is 0 Å². The average molecular weight is 432 g/mol. The lowest BCUT2D eigenvalue weighted by Crippen LogP contribution is -2.46. The highest BCUT2D eigenvalue weighted by Gasteiger charge is 2.34. The van der Waals surface area contributed by atoms with E-state index < -0.39 is 0 Å². The first kappa shape index (κ1) is 20.5. The van der Waals surface area contributed by atoms with E-state index in [1.54, 1.807) is 0 Å². The molecule has 2 aliphatic rings. The molecule has 5 rings (SSSR count). The summed E-state index contributed by atoms with van der Waals surface area (Å²) < 4.78 is 0. The maximum atomic E-state index is 13.1. The molecule has 1 aromatic heterocycles. The number of fused-ring (bicyclic) bond motifs is 1. The van der Waals surface area contributed by atoms with Gasteiger partial charge in [0, 0.05) is 32.1 Å². The highest BCUT2D eigenvalue weighted by molar-refractivity contribution is 5.78. The molecule has 2 N–H and O–H groups in total. The van der Waals surface area contributed by atoms with Crippen LogP contribution in [0.25, 0.3) is 11.0 Å². The number of H-pyrrole nitrogens is 1. The zero-order chi connectivity index (χ0) is 21.9. The minimum absolute atomic E-state index is 0.0000912. The number of nitrogens with zero attached hydrogens (tertiary/aromatic N) is 3. The average Bonchev–Trinajstić information content (AvgIpc) is 3.56. The van der Waals surface area contributed by atoms with Gasteiger partial charge in [0.15, 0.2) is 0 Å². The third-order valence-electron chi connectivity index (χ3n) is 6.58. The number of aromatic nitrogens is 2. The van der Waals surface area contributed by atoms with Crippen LogP contribution in [0.5, 0.6) is 0 Å². The molecule has 7 nitrogen and oxygen atoms in total. The number of imidazole rings is 1. The van der Waals surface area contributed by atoms with Gasteiger partial charge in [0.1, 0.15) is 5.82 Å². The third kappa shape index (κ3) is 4.33. The number of benzene rings is 2. The van der Waals surface area contributed by atoms with Crippen LogP contribution in [0.15, 0.2) is 54.6 Å². The second-order valence-corrected chi connectivity index (χ2v) is 8.75. The fourth-order valence-electron chi connectivity index (χ4n) is 4.84. The Bertz CT molecular complexity index is 1060. The topological polar surface area (TPSA) is 81.3 Å². The van der Waals surface area contributed by atoms with Crippen molar-refractivity contribution in [3.05, 3.63) is 66.0 Å². The monoisotopic (exact) mass is 431 g/mol. The summed E-state index contributed by atoms with van der Waals surface area (Å²) in [6.45, 7) is 2.01. The highest BCUT2D eigenvalue weighted by Crippen LogP contribution is 2.31. The first-order chi connectivity index (χ1) is 15.7. The third-order valence-corrected chi connectivity index (χ3v) is 6.58. The number of likely N-dealkylation sites (tertiary alicyclic amines) is 2. The number of hydrogen-bond donors (Lipinski definition) is 2. The first-order valence-electron chi connectivity index (χ1n) is 11.5. The molecule has 2 aromatic carbocycles. The Balaban J connectivity index is 1.15. The Labute approximate surface area is 187 Å². The quantitative estimate of drug-likeness (QED) is 0.647. The summed E-state index contributed by atoms with van der Waals surface area (Å²) in [6, 6.07) is 17.9. The van der Waals surface area contributed by atoms with E-state index in [1.165, 1.54) is 5.56 Å². The fourth-order valence-corrected chi connectivity index (χ4v) is 4.84. The number of nitrogens with one attached hydrogen (secondary N) is 2. The van der Waals surface area contributed by atoms with Gasteiger partial charge in [-0.1, -0.05) is 42.5 Å². The van der Waals surface area contributed by atoms with Crippen molar-refractivity contribution in [1.29, 1.82) is 0 Å². The second kappa shape index (κ2) is 9.02. The van der Waals surface area contributed by atoms with E-state index >= 15 is 0 Å². The summed E-state index contributed by atoms with van der Waals surface area (Å²) in [5.41, 5.74) is 3.10. The number of aromatic amines is 1. The minimum atomic E-state index is -0.0588. The SMILES string of the molecule is O=C(CCc1ccccc1)N1CCC(NC(=O)N2CCCC2c2nc3ccccc3[nH]2)C1. The fraction of sp³-hybridized carbons (Fsp3) is 0.400. The molecule has 2 saturated heterocycles. The van der Waals surface area contributed by atoms with E-state index in [1.807, 2.05) is 52.3 Å². The lowest BCUT2D eigenvalue weighted by Gasteiger charge is -2.25. The largest absolute Gasteiger partial charge is 0.341 e. The maximum absolute atomic E-state index is 13.1. The maximum Gasteiger partial charge on any atom is 0.318 e. The number of carbonyl (C=O) groups excluding carboxylic acids is 2. The van der Waals surface area contributed by atoms with Gasteiger partial charge in [0.2, 0.25) is 5.91 Å². The van der Waals surface area contributed by atoms with E-state index in [-0.39, 0.29) is 24.0 Å². The highest BCUT2D eigenvalue weighted by atomic mass is 16.2. The van der Waals surface area contributed by atoms with E-state index in [0.29, 0.717) is 19.5 Å². The molecule has 0 spiro atoms. The van der Waals surface area contributed by atoms with Gasteiger partial charge in [0.05, 0.1) is 17.1 Å². The first-order valence-corrected chi connectivity index (χ1v) is 11.5. The number of urea groups is 1. The molecule has 3 heterocycles. The Morgan fingerprint density at radius 3 is 2.69 bits per heavy atom. The van der Waals surface area contributed by atoms with Crippen molar-refractivity contribution < 1.29 is 9.59 Å². The predicted molar refractivity (Wildman–Crippen MR) is 123 cm³/mol. The molecule has 32 heavy (non-hydrogen) atoms. The van der Waals surface area contributed by atoms with E-state index in [4.69, 9.17) is 4.98 Å². The molecular formula is C25H29N5O2. The molecule has 2 unspecified atom stereocenters. The van der Waals surface area contributed by atoms with Crippen molar-refractivity contribution in [2.75, 3.05) is 19.6 Å². The van der Waals surface area contributed by atoms with Crippen molar-refractivity contribution in [2.24, 2.45) is 0 Å². The lowest BCUT2D eigenvalue weighted by atomic mass is 10.1. The van der Waals surface area contributed by atoms with Crippen molar-refractivity contribution in [3.63, 3.8) is 0 Å². The molecule has 3 aromatic rings. The molecule has 0 aliphatic carbocycles. The molecule has 0 saturated carbocycles. The van der Waals surface area contributed by atoms with Crippen LogP contribution in [-0.4, -0.2) is 57.4 Å². The smallest absolute Gasteiger partial charge is 0.318 e. The number of rotatable bonds is 5. The number of hydrogen-bond acceptors (Lipinski definition) is 3. The standard InChI is InChI=1S/C25H29N5O2/c31-23(13-12-18-7-2-1-3-8-18)29-16-14-19(17-29)26-25(32)30-15-6-11-22(30)24-27-20-9-4-5-10-21(20)28-24/h1-5,7-10,19,22H,6,11-17H2,(H,26,32)(H,27,28). The molecule has 3 amide bonds. The normalized spacial score (nSPS) is 20.8. The zero-order valence-electron chi connectivity index (χ0n) is 18.2. The Morgan fingerprint density at radius 1 is 1.03 bits per heavy atom. The Kier molecular flexibility index (Phi) is 5.79. The van der Waals surface area contributed by atoms with Gasteiger partial charge < -0.3 is 20.1 Å². The molecule has 7 heteroatoms. The summed E-state index contributed by atoms with van der Waals surface area (Å²) in [7, 11) is 0. The van der Waals surface area contributed by atoms with Crippen LogP contribution in [-0.2, 0) is 11.2 Å². The number of amides is 3. The van der Waals surface area contributed by atoms with Gasteiger partial charge in [-0.15, -0.1) is 0 Å². The number of para-hydroxylation sites is 2. The van der Waals surface area contributed by atoms with E-state index in [0.717, 1.165) is 49.1 Å². The van der Waals surface area contributed by atoms with Crippen molar-refractivity contribution in [2.45, 2.75) is 44.2 Å². The summed E-state index contributed by atoms with van der Waals surface area (Å²) in [5, 5.41) is 3.16. The number of carbonyl (C=O) groups is 2. The van der Waals surface area contributed by atoms with Crippen LogP contribution in [0.4, 0.5) is 4.79 Å². The van der Waals surface area contributed by atoms with Crippen LogP contribution in [0.1, 0.15) is 43.1 Å². The summed E-state index contributed by atoms with van der Waals surface area (Å²) in [6.07, 6.45) is 3.92. The molecule has 0 radical (unpaired) electrons. The Morgan fingerprint density at radius 2 is 1.84 bits per heavy atom. The van der Waals surface area contributed by atoms with Gasteiger partial charge in [-0.3, -0.25) is 4.79 Å². The van der Waals surface area contributed by atoms with Crippen LogP contribution >= 0.6 is 0 Å². The second-order valence-electron chi connectivity index (χ2n) is 8.75. The molecular weight excluding hydrogens is 402 g/mol. The van der Waals surface area contributed by atoms with E-state index in [2.05, 4.69) is 22.4 Å². The van der Waals surface area contributed by atoms with Crippen LogP contribution in [0.3, 0.4) is 0 Å². The summed E-state index contributed by atoms with van der Waals surface area (Å²) in [5.74, 6) is 1.01. The number of aryl methyl sites for hydroxylation is 1. The molecule has 2 atom stereocenters. The molecule has 0 bridgehead atoms. The van der Waals surface area contributed by atoms with Crippen LogP contribution < -0.4 is 5.32 Å². The molecule has 166 valence electrons. The minimum Gasteiger partial charge on any atom is -0.341 e. The predicted octanol–water partition coefficient (Wildman–Crippen LogP) is 3.64. The van der Waals surface area contributed by atoms with Crippen molar-refractivity contribution >= 4 is 23.0 Å². The van der Waals surface area contributed by atoms with Gasteiger partial charge in [0.25, 0.3) is 0 Å². The van der Waals surface area contributed by atoms with Crippen molar-refractivity contribution in [3.8, 4) is 0 Å². The van der Waals surface area contributed by atoms with Crippen molar-refractivity contribution in [1.82, 2.24) is 25.1 Å². The zero-order valence-corrected chi connectivity index (χ0v) is 18.2.